The molecule has 1 aliphatic carbocycles. The molecular formula is C23H32N2O3. The molecule has 2 saturated heterocycles. The average molecular weight is 385 g/mol. The van der Waals surface area contributed by atoms with E-state index < -0.39 is 5.41 Å². The van der Waals surface area contributed by atoms with E-state index >= 15 is 0 Å². The van der Waals surface area contributed by atoms with E-state index in [0.29, 0.717) is 25.3 Å². The minimum absolute atomic E-state index is 0.0000624. The SMILES string of the molecule is O=C(C1CCCC1)N1[C@H]2CC[C@@H]1[C@](Cc1ccccc1)(C(=O)NCCCO)C2. The summed E-state index contributed by atoms with van der Waals surface area (Å²) >= 11 is 0. The highest BCUT2D eigenvalue weighted by atomic mass is 16.3. The molecule has 2 bridgehead atoms. The number of hydrogen-bond donors (Lipinski definition) is 2. The number of nitrogens with zero attached hydrogens (tertiary/aromatic N) is 1. The molecule has 2 aliphatic heterocycles. The van der Waals surface area contributed by atoms with Crippen LogP contribution in [-0.4, -0.2) is 47.1 Å². The third kappa shape index (κ3) is 3.45. The molecule has 4 rings (SSSR count). The van der Waals surface area contributed by atoms with Crippen molar-refractivity contribution in [1.29, 1.82) is 0 Å². The lowest BCUT2D eigenvalue weighted by Crippen LogP contribution is -2.52. The zero-order valence-corrected chi connectivity index (χ0v) is 16.6. The summed E-state index contributed by atoms with van der Waals surface area (Å²) in [6.45, 7) is 0.560. The lowest BCUT2D eigenvalue weighted by Gasteiger charge is -2.36. The number of amides is 2. The predicted octanol–water partition coefficient (Wildman–Crippen LogP) is 2.67. The molecule has 152 valence electrons. The van der Waals surface area contributed by atoms with Crippen molar-refractivity contribution in [2.45, 2.75) is 69.9 Å². The molecule has 3 fully saturated rings. The summed E-state index contributed by atoms with van der Waals surface area (Å²) in [5.74, 6) is 0.511. The van der Waals surface area contributed by atoms with Crippen molar-refractivity contribution < 1.29 is 14.7 Å². The molecule has 0 aromatic heterocycles. The smallest absolute Gasteiger partial charge is 0.228 e. The van der Waals surface area contributed by atoms with Crippen LogP contribution in [0, 0.1) is 11.3 Å². The molecule has 5 nitrogen and oxygen atoms in total. The molecule has 3 atom stereocenters. The van der Waals surface area contributed by atoms with Gasteiger partial charge in [0.1, 0.15) is 0 Å². The van der Waals surface area contributed by atoms with E-state index in [1.165, 1.54) is 0 Å². The van der Waals surface area contributed by atoms with Gasteiger partial charge in [-0.25, -0.2) is 0 Å². The van der Waals surface area contributed by atoms with Crippen molar-refractivity contribution in [3.63, 3.8) is 0 Å². The molecule has 0 spiro atoms. The number of aliphatic hydroxyl groups is 1. The fraction of sp³-hybridized carbons (Fsp3) is 0.652. The normalized spacial score (nSPS) is 29.4. The summed E-state index contributed by atoms with van der Waals surface area (Å²) in [6, 6.07) is 10.4. The minimum atomic E-state index is -0.548. The Hall–Kier alpha value is -1.88. The van der Waals surface area contributed by atoms with Crippen LogP contribution in [0.4, 0.5) is 0 Å². The predicted molar refractivity (Wildman–Crippen MR) is 108 cm³/mol. The van der Waals surface area contributed by atoms with Crippen LogP contribution in [0.3, 0.4) is 0 Å². The molecule has 1 aromatic carbocycles. The molecule has 2 heterocycles. The first kappa shape index (κ1) is 19.4. The van der Waals surface area contributed by atoms with E-state index in [0.717, 1.165) is 50.5 Å². The van der Waals surface area contributed by atoms with E-state index in [9.17, 15) is 9.59 Å². The van der Waals surface area contributed by atoms with Crippen LogP contribution < -0.4 is 5.32 Å². The van der Waals surface area contributed by atoms with E-state index in [4.69, 9.17) is 5.11 Å². The van der Waals surface area contributed by atoms with E-state index in [1.54, 1.807) is 0 Å². The highest BCUT2D eigenvalue weighted by Crippen LogP contribution is 2.52. The Labute approximate surface area is 167 Å². The number of fused-ring (bicyclic) bond motifs is 2. The fourth-order valence-electron chi connectivity index (χ4n) is 5.83. The number of nitrogens with one attached hydrogen (secondary N) is 1. The van der Waals surface area contributed by atoms with Crippen LogP contribution in [0.15, 0.2) is 30.3 Å². The maximum Gasteiger partial charge on any atom is 0.228 e. The summed E-state index contributed by atoms with van der Waals surface area (Å²) in [5.41, 5.74) is 0.606. The third-order valence-electron chi connectivity index (χ3n) is 7.13. The standard InChI is InChI=1S/C23H32N2O3/c26-14-6-13-24-22(28)23(15-17-7-2-1-3-8-17)16-19-11-12-20(23)25(19)21(27)18-9-4-5-10-18/h1-3,7-8,18-20,26H,4-6,9-16H2,(H,24,28)/t19-,20+,23+/m0/s1. The second kappa shape index (κ2) is 8.24. The largest absolute Gasteiger partial charge is 0.396 e. The van der Waals surface area contributed by atoms with Gasteiger partial charge in [-0.15, -0.1) is 0 Å². The number of aliphatic hydroxyl groups excluding tert-OH is 1. The van der Waals surface area contributed by atoms with Gasteiger partial charge in [-0.1, -0.05) is 43.2 Å². The highest BCUT2D eigenvalue weighted by Gasteiger charge is 2.61. The van der Waals surface area contributed by atoms with E-state index in [2.05, 4.69) is 22.3 Å². The van der Waals surface area contributed by atoms with Crippen LogP contribution in [-0.2, 0) is 16.0 Å². The molecule has 1 saturated carbocycles. The summed E-state index contributed by atoms with van der Waals surface area (Å²) in [4.78, 5) is 28.8. The van der Waals surface area contributed by atoms with Crippen LogP contribution in [0.1, 0.15) is 56.9 Å². The lowest BCUT2D eigenvalue weighted by molar-refractivity contribution is -0.139. The lowest BCUT2D eigenvalue weighted by atomic mass is 9.69. The Morgan fingerprint density at radius 2 is 1.86 bits per heavy atom. The average Bonchev–Trinajstić information content (AvgIpc) is 3.44. The number of rotatable bonds is 7. The summed E-state index contributed by atoms with van der Waals surface area (Å²) < 4.78 is 0. The van der Waals surface area contributed by atoms with Crippen molar-refractivity contribution in [1.82, 2.24) is 10.2 Å². The maximum absolute atomic E-state index is 13.4. The first-order valence-corrected chi connectivity index (χ1v) is 10.9. The summed E-state index contributed by atoms with van der Waals surface area (Å²) in [7, 11) is 0. The van der Waals surface area contributed by atoms with Gasteiger partial charge < -0.3 is 15.3 Å². The second-order valence-electron chi connectivity index (χ2n) is 8.83. The van der Waals surface area contributed by atoms with Gasteiger partial charge in [-0.3, -0.25) is 9.59 Å². The van der Waals surface area contributed by atoms with Gasteiger partial charge in [-0.05, 0) is 50.5 Å². The van der Waals surface area contributed by atoms with E-state index in [-0.39, 0.29) is 30.5 Å². The van der Waals surface area contributed by atoms with Crippen molar-refractivity contribution in [3.8, 4) is 0 Å². The third-order valence-corrected chi connectivity index (χ3v) is 7.13. The molecular weight excluding hydrogens is 352 g/mol. The van der Waals surface area contributed by atoms with Crippen molar-refractivity contribution in [2.24, 2.45) is 11.3 Å². The van der Waals surface area contributed by atoms with E-state index in [1.807, 2.05) is 18.2 Å². The van der Waals surface area contributed by atoms with Gasteiger partial charge in [-0.2, -0.15) is 0 Å². The quantitative estimate of drug-likeness (QED) is 0.710. The van der Waals surface area contributed by atoms with Crippen molar-refractivity contribution >= 4 is 11.8 Å². The second-order valence-corrected chi connectivity index (χ2v) is 8.83. The number of carbonyl (C=O) groups excluding carboxylic acids is 2. The zero-order valence-electron chi connectivity index (χ0n) is 16.6. The van der Waals surface area contributed by atoms with Gasteiger partial charge in [0.25, 0.3) is 0 Å². The van der Waals surface area contributed by atoms with Gasteiger partial charge in [0.15, 0.2) is 0 Å². The fourth-order valence-corrected chi connectivity index (χ4v) is 5.83. The molecule has 0 unspecified atom stereocenters. The monoisotopic (exact) mass is 384 g/mol. The van der Waals surface area contributed by atoms with Crippen molar-refractivity contribution in [3.05, 3.63) is 35.9 Å². The summed E-state index contributed by atoms with van der Waals surface area (Å²) in [6.07, 6.45) is 8.24. The molecule has 0 radical (unpaired) electrons. The molecule has 2 amide bonds. The topological polar surface area (TPSA) is 69.6 Å². The minimum Gasteiger partial charge on any atom is -0.396 e. The van der Waals surface area contributed by atoms with Gasteiger partial charge in [0, 0.05) is 31.2 Å². The number of hydrogen-bond acceptors (Lipinski definition) is 3. The molecule has 2 N–H and O–H groups in total. The summed E-state index contributed by atoms with van der Waals surface area (Å²) in [5, 5.41) is 12.1. The van der Waals surface area contributed by atoms with Gasteiger partial charge in [0.05, 0.1) is 5.41 Å². The Morgan fingerprint density at radius 3 is 2.57 bits per heavy atom. The highest BCUT2D eigenvalue weighted by molar-refractivity contribution is 5.88. The van der Waals surface area contributed by atoms with Crippen molar-refractivity contribution in [2.75, 3.05) is 13.2 Å². The number of carbonyl (C=O) groups is 2. The first-order chi connectivity index (χ1) is 13.7. The molecule has 1 aromatic rings. The Kier molecular flexibility index (Phi) is 5.72. The molecule has 5 heteroatoms. The maximum atomic E-state index is 13.4. The van der Waals surface area contributed by atoms with Gasteiger partial charge >= 0.3 is 0 Å². The van der Waals surface area contributed by atoms with Gasteiger partial charge in [0.2, 0.25) is 11.8 Å². The molecule has 28 heavy (non-hydrogen) atoms. The molecule has 3 aliphatic rings. The Morgan fingerprint density at radius 1 is 1.11 bits per heavy atom. The number of benzene rings is 1. The first-order valence-electron chi connectivity index (χ1n) is 10.9. The van der Waals surface area contributed by atoms with Crippen LogP contribution in [0.2, 0.25) is 0 Å². The van der Waals surface area contributed by atoms with Crippen LogP contribution in [0.25, 0.3) is 0 Å². The van der Waals surface area contributed by atoms with Crippen LogP contribution in [0.5, 0.6) is 0 Å². The van der Waals surface area contributed by atoms with Crippen LogP contribution >= 0.6 is 0 Å². The zero-order chi connectivity index (χ0) is 19.6. The Balaban J connectivity index is 1.60. The Bertz CT molecular complexity index is 701.